The second kappa shape index (κ2) is 5.27. The molecule has 0 aliphatic carbocycles. The fraction of sp³-hybridized carbons (Fsp3) is 0.385. The Balaban J connectivity index is 2.13. The number of ether oxygens (including phenoxy) is 1. The van der Waals surface area contributed by atoms with Gasteiger partial charge in [0.1, 0.15) is 11.9 Å². The normalized spacial score (nSPS) is 17.5. The molecule has 0 fully saturated rings. The molecule has 1 atom stereocenters. The summed E-state index contributed by atoms with van der Waals surface area (Å²) in [4.78, 5) is 0. The fourth-order valence-corrected chi connectivity index (χ4v) is 1.76. The van der Waals surface area contributed by atoms with E-state index >= 15 is 0 Å². The predicted octanol–water partition coefficient (Wildman–Crippen LogP) is 3.35. The number of allylic oxidation sites excluding steroid dienone is 1. The van der Waals surface area contributed by atoms with Crippen LogP contribution in [0.25, 0.3) is 0 Å². The molecule has 92 valence electrons. The minimum absolute atomic E-state index is 0.0421. The van der Waals surface area contributed by atoms with Crippen LogP contribution in [-0.4, -0.2) is 11.7 Å². The molecule has 17 heavy (non-hydrogen) atoms. The van der Waals surface area contributed by atoms with E-state index in [0.29, 0.717) is 17.9 Å². The molecular formula is C13H14F2O2. The lowest BCUT2D eigenvalue weighted by molar-refractivity contribution is 0.0917. The van der Waals surface area contributed by atoms with Gasteiger partial charge in [0.2, 0.25) is 0 Å². The smallest absolute Gasteiger partial charge is 0.263 e. The Morgan fingerprint density at radius 1 is 1.12 bits per heavy atom. The topological polar surface area (TPSA) is 29.5 Å². The van der Waals surface area contributed by atoms with E-state index in [0.717, 1.165) is 12.8 Å². The maximum Gasteiger partial charge on any atom is 0.263 e. The fourth-order valence-electron chi connectivity index (χ4n) is 1.76. The maximum absolute atomic E-state index is 12.4. The van der Waals surface area contributed by atoms with Gasteiger partial charge in [-0.05, 0) is 24.5 Å². The van der Waals surface area contributed by atoms with Gasteiger partial charge >= 0.3 is 0 Å². The summed E-state index contributed by atoms with van der Waals surface area (Å²) in [5.74, 6) is 0.515. The van der Waals surface area contributed by atoms with Gasteiger partial charge < -0.3 is 9.84 Å². The number of rotatable bonds is 3. The standard InChI is InChI=1S/C13H14F2O2/c14-13(15)10-6-4-9(5-7-10)12(16)11-3-1-2-8-17-11/h3-7,12-13,16H,1-2,8H2. The quantitative estimate of drug-likeness (QED) is 0.877. The van der Waals surface area contributed by atoms with Crippen molar-refractivity contribution in [2.45, 2.75) is 25.4 Å². The molecule has 0 aromatic heterocycles. The van der Waals surface area contributed by atoms with Crippen molar-refractivity contribution >= 4 is 0 Å². The van der Waals surface area contributed by atoms with Gasteiger partial charge in [0, 0.05) is 5.56 Å². The van der Waals surface area contributed by atoms with Gasteiger partial charge in [-0.25, -0.2) is 8.78 Å². The van der Waals surface area contributed by atoms with Crippen molar-refractivity contribution in [2.24, 2.45) is 0 Å². The SMILES string of the molecule is OC(C1=CCCCO1)c1ccc(C(F)F)cc1. The first-order valence-corrected chi connectivity index (χ1v) is 5.57. The van der Waals surface area contributed by atoms with Crippen molar-refractivity contribution in [1.29, 1.82) is 0 Å². The van der Waals surface area contributed by atoms with Crippen LogP contribution in [0, 0.1) is 0 Å². The highest BCUT2D eigenvalue weighted by molar-refractivity contribution is 5.28. The van der Waals surface area contributed by atoms with Crippen molar-refractivity contribution in [2.75, 3.05) is 6.61 Å². The molecule has 1 aromatic carbocycles. The Bertz CT molecular complexity index is 398. The van der Waals surface area contributed by atoms with E-state index in [1.54, 1.807) is 0 Å². The zero-order valence-electron chi connectivity index (χ0n) is 9.27. The molecule has 1 N–H and O–H groups in total. The number of aliphatic hydroxyl groups excluding tert-OH is 1. The van der Waals surface area contributed by atoms with Crippen LogP contribution in [0.15, 0.2) is 36.1 Å². The Morgan fingerprint density at radius 3 is 2.29 bits per heavy atom. The Hall–Kier alpha value is -1.42. The zero-order chi connectivity index (χ0) is 12.3. The highest BCUT2D eigenvalue weighted by Gasteiger charge is 2.17. The van der Waals surface area contributed by atoms with Gasteiger partial charge in [-0.1, -0.05) is 24.3 Å². The number of alkyl halides is 2. The number of aliphatic hydroxyl groups is 1. The number of halogens is 2. The van der Waals surface area contributed by atoms with E-state index in [2.05, 4.69) is 0 Å². The average Bonchev–Trinajstić information content (AvgIpc) is 2.39. The summed E-state index contributed by atoms with van der Waals surface area (Å²) in [5.41, 5.74) is 0.530. The highest BCUT2D eigenvalue weighted by Crippen LogP contribution is 2.27. The highest BCUT2D eigenvalue weighted by atomic mass is 19.3. The molecule has 0 amide bonds. The second-order valence-electron chi connectivity index (χ2n) is 3.97. The van der Waals surface area contributed by atoms with Crippen LogP contribution < -0.4 is 0 Å². The molecule has 1 aromatic rings. The Kier molecular flexibility index (Phi) is 3.74. The lowest BCUT2D eigenvalue weighted by atomic mass is 10.0. The third-order valence-electron chi connectivity index (χ3n) is 2.74. The largest absolute Gasteiger partial charge is 0.495 e. The van der Waals surface area contributed by atoms with Crippen molar-refractivity contribution in [3.05, 3.63) is 47.2 Å². The molecular weight excluding hydrogens is 226 g/mol. The summed E-state index contributed by atoms with van der Waals surface area (Å²) in [6.45, 7) is 0.595. The Morgan fingerprint density at radius 2 is 1.76 bits per heavy atom. The lowest BCUT2D eigenvalue weighted by Gasteiger charge is -2.20. The van der Waals surface area contributed by atoms with Gasteiger partial charge in [-0.3, -0.25) is 0 Å². The Labute approximate surface area is 98.5 Å². The van der Waals surface area contributed by atoms with Gasteiger partial charge in [-0.15, -0.1) is 0 Å². The molecule has 1 aliphatic heterocycles. The summed E-state index contributed by atoms with van der Waals surface area (Å²) in [6, 6.07) is 5.66. The minimum atomic E-state index is -2.48. The molecule has 0 radical (unpaired) electrons. The summed E-state index contributed by atoms with van der Waals surface area (Å²) in [6.07, 6.45) is 0.324. The third-order valence-corrected chi connectivity index (χ3v) is 2.74. The van der Waals surface area contributed by atoms with E-state index in [1.165, 1.54) is 24.3 Å². The first-order valence-electron chi connectivity index (χ1n) is 5.57. The first kappa shape index (κ1) is 12.0. The molecule has 0 saturated heterocycles. The summed E-state index contributed by atoms with van der Waals surface area (Å²) in [5, 5.41) is 9.99. The third kappa shape index (κ3) is 2.82. The minimum Gasteiger partial charge on any atom is -0.495 e. The zero-order valence-corrected chi connectivity index (χ0v) is 9.27. The summed E-state index contributed by atoms with van der Waals surface area (Å²) >= 11 is 0. The first-order chi connectivity index (χ1) is 8.18. The monoisotopic (exact) mass is 240 g/mol. The van der Waals surface area contributed by atoms with Crippen LogP contribution in [0.4, 0.5) is 8.78 Å². The van der Waals surface area contributed by atoms with Crippen molar-refractivity contribution < 1.29 is 18.6 Å². The van der Waals surface area contributed by atoms with Gasteiger partial charge in [0.15, 0.2) is 0 Å². The van der Waals surface area contributed by atoms with Crippen LogP contribution in [0.3, 0.4) is 0 Å². The van der Waals surface area contributed by atoms with Crippen molar-refractivity contribution in [3.63, 3.8) is 0 Å². The molecule has 0 spiro atoms. The molecule has 2 rings (SSSR count). The van der Waals surface area contributed by atoms with E-state index in [1.807, 2.05) is 6.08 Å². The molecule has 0 bridgehead atoms. The van der Waals surface area contributed by atoms with Gasteiger partial charge in [0.25, 0.3) is 6.43 Å². The number of hydrogen-bond acceptors (Lipinski definition) is 2. The maximum atomic E-state index is 12.4. The van der Waals surface area contributed by atoms with Gasteiger partial charge in [-0.2, -0.15) is 0 Å². The molecule has 2 nitrogen and oxygen atoms in total. The van der Waals surface area contributed by atoms with E-state index in [-0.39, 0.29) is 5.56 Å². The van der Waals surface area contributed by atoms with Crippen LogP contribution >= 0.6 is 0 Å². The van der Waals surface area contributed by atoms with Crippen LogP contribution in [-0.2, 0) is 4.74 Å². The van der Waals surface area contributed by atoms with Crippen LogP contribution in [0.1, 0.15) is 36.5 Å². The molecule has 1 unspecified atom stereocenters. The van der Waals surface area contributed by atoms with E-state index in [4.69, 9.17) is 4.74 Å². The van der Waals surface area contributed by atoms with Crippen LogP contribution in [0.5, 0.6) is 0 Å². The summed E-state index contributed by atoms with van der Waals surface area (Å²) < 4.78 is 30.0. The molecule has 1 aliphatic rings. The van der Waals surface area contributed by atoms with Crippen molar-refractivity contribution in [3.8, 4) is 0 Å². The predicted molar refractivity (Wildman–Crippen MR) is 59.6 cm³/mol. The number of benzene rings is 1. The van der Waals surface area contributed by atoms with E-state index < -0.39 is 12.5 Å². The van der Waals surface area contributed by atoms with Gasteiger partial charge in [0.05, 0.1) is 6.61 Å². The summed E-state index contributed by atoms with van der Waals surface area (Å²) in [7, 11) is 0. The van der Waals surface area contributed by atoms with Crippen molar-refractivity contribution in [1.82, 2.24) is 0 Å². The second-order valence-corrected chi connectivity index (χ2v) is 3.97. The van der Waals surface area contributed by atoms with Crippen LogP contribution in [0.2, 0.25) is 0 Å². The number of hydrogen-bond donors (Lipinski definition) is 1. The molecule has 4 heteroatoms. The molecule has 0 saturated carbocycles. The molecule has 1 heterocycles. The lowest BCUT2D eigenvalue weighted by Crippen LogP contribution is -2.09. The average molecular weight is 240 g/mol. The van der Waals surface area contributed by atoms with E-state index in [9.17, 15) is 13.9 Å².